The van der Waals surface area contributed by atoms with Crippen molar-refractivity contribution in [2.24, 2.45) is 5.92 Å². The maximum atomic E-state index is 12.9. The van der Waals surface area contributed by atoms with Crippen LogP contribution in [0.2, 0.25) is 0 Å². The number of amides is 1. The third-order valence-corrected chi connectivity index (χ3v) is 4.79. The Hall–Kier alpha value is -3.21. The van der Waals surface area contributed by atoms with Gasteiger partial charge < -0.3 is 14.8 Å². The smallest absolute Gasteiger partial charge is 0.433 e. The van der Waals surface area contributed by atoms with Crippen molar-refractivity contribution in [2.75, 3.05) is 25.1 Å². The van der Waals surface area contributed by atoms with Crippen LogP contribution in [0.3, 0.4) is 0 Å². The number of fused-ring (bicyclic) bond motifs is 1. The summed E-state index contributed by atoms with van der Waals surface area (Å²) in [5.41, 5.74) is -0.487. The van der Waals surface area contributed by atoms with Crippen LogP contribution in [0.15, 0.2) is 30.6 Å². The first-order chi connectivity index (χ1) is 14.8. The van der Waals surface area contributed by atoms with Crippen LogP contribution >= 0.6 is 0 Å². The van der Waals surface area contributed by atoms with Gasteiger partial charge in [0.15, 0.2) is 0 Å². The van der Waals surface area contributed by atoms with Crippen LogP contribution in [-0.4, -0.2) is 45.1 Å². The summed E-state index contributed by atoms with van der Waals surface area (Å²) in [5.74, 6) is 0.100. The van der Waals surface area contributed by atoms with Crippen molar-refractivity contribution in [2.45, 2.75) is 25.9 Å². The van der Waals surface area contributed by atoms with E-state index < -0.39 is 17.8 Å². The number of anilines is 1. The SMILES string of the molecule is CCOc1nc2nc(C[C@H]3CCOC3)cn2cc1NC(=O)c1cccc(C(F)(F)F)n1. The van der Waals surface area contributed by atoms with Gasteiger partial charge in [-0.3, -0.25) is 9.20 Å². The molecule has 0 unspecified atom stereocenters. The normalized spacial score (nSPS) is 16.6. The first-order valence-electron chi connectivity index (χ1n) is 9.78. The average Bonchev–Trinajstić information content (AvgIpc) is 3.37. The lowest BCUT2D eigenvalue weighted by Crippen LogP contribution is -2.18. The Labute approximate surface area is 175 Å². The average molecular weight is 435 g/mol. The van der Waals surface area contributed by atoms with E-state index in [1.54, 1.807) is 23.7 Å². The zero-order chi connectivity index (χ0) is 22.0. The van der Waals surface area contributed by atoms with Crippen molar-refractivity contribution in [1.29, 1.82) is 0 Å². The fraction of sp³-hybridized carbons (Fsp3) is 0.400. The molecule has 4 heterocycles. The summed E-state index contributed by atoms with van der Waals surface area (Å²) in [6.07, 6.45) is 0.430. The van der Waals surface area contributed by atoms with Crippen LogP contribution in [0.4, 0.5) is 18.9 Å². The van der Waals surface area contributed by atoms with Gasteiger partial charge in [-0.25, -0.2) is 9.97 Å². The van der Waals surface area contributed by atoms with E-state index >= 15 is 0 Å². The molecule has 0 radical (unpaired) electrons. The van der Waals surface area contributed by atoms with Gasteiger partial charge in [0.05, 0.1) is 12.3 Å². The summed E-state index contributed by atoms with van der Waals surface area (Å²) >= 11 is 0. The highest BCUT2D eigenvalue weighted by Gasteiger charge is 2.33. The van der Waals surface area contributed by atoms with Gasteiger partial charge >= 0.3 is 6.18 Å². The molecule has 0 aliphatic carbocycles. The van der Waals surface area contributed by atoms with Crippen molar-refractivity contribution < 1.29 is 27.4 Å². The van der Waals surface area contributed by atoms with Crippen LogP contribution < -0.4 is 10.1 Å². The van der Waals surface area contributed by atoms with Crippen LogP contribution in [0, 0.1) is 5.92 Å². The minimum atomic E-state index is -4.65. The minimum absolute atomic E-state index is 0.122. The fourth-order valence-corrected chi connectivity index (χ4v) is 3.33. The van der Waals surface area contributed by atoms with Gasteiger partial charge in [-0.2, -0.15) is 18.2 Å². The van der Waals surface area contributed by atoms with Gasteiger partial charge in [-0.1, -0.05) is 6.07 Å². The molecule has 4 rings (SSSR count). The third kappa shape index (κ3) is 4.76. The summed E-state index contributed by atoms with van der Waals surface area (Å²) < 4.78 is 51.2. The Bertz CT molecular complexity index is 1090. The van der Waals surface area contributed by atoms with Gasteiger partial charge in [0, 0.05) is 25.6 Å². The first kappa shape index (κ1) is 21.0. The molecule has 3 aromatic rings. The van der Waals surface area contributed by atoms with Crippen molar-refractivity contribution in [1.82, 2.24) is 19.4 Å². The number of hydrogen-bond donors (Lipinski definition) is 1. The molecule has 0 spiro atoms. The summed E-state index contributed by atoms with van der Waals surface area (Å²) in [4.78, 5) is 24.8. The Morgan fingerprint density at radius 1 is 1.29 bits per heavy atom. The number of hydrogen-bond acceptors (Lipinski definition) is 6. The van der Waals surface area contributed by atoms with Gasteiger partial charge in [-0.05, 0) is 37.8 Å². The molecule has 11 heteroatoms. The van der Waals surface area contributed by atoms with E-state index in [0.29, 0.717) is 18.3 Å². The zero-order valence-corrected chi connectivity index (χ0v) is 16.6. The Morgan fingerprint density at radius 2 is 2.13 bits per heavy atom. The number of aromatic nitrogens is 4. The monoisotopic (exact) mass is 435 g/mol. The predicted octanol–water partition coefficient (Wildman–Crippen LogP) is 3.37. The molecule has 0 saturated carbocycles. The molecule has 1 saturated heterocycles. The van der Waals surface area contributed by atoms with E-state index in [1.165, 1.54) is 6.07 Å². The topological polar surface area (TPSA) is 90.6 Å². The molecule has 1 atom stereocenters. The molecule has 1 N–H and O–H groups in total. The molecule has 8 nitrogen and oxygen atoms in total. The Balaban J connectivity index is 1.61. The largest absolute Gasteiger partial charge is 0.476 e. The quantitative estimate of drug-likeness (QED) is 0.639. The molecule has 1 aliphatic heterocycles. The zero-order valence-electron chi connectivity index (χ0n) is 16.6. The van der Waals surface area contributed by atoms with Crippen LogP contribution in [0.5, 0.6) is 5.88 Å². The fourth-order valence-electron chi connectivity index (χ4n) is 3.33. The predicted molar refractivity (Wildman–Crippen MR) is 104 cm³/mol. The van der Waals surface area contributed by atoms with E-state index in [2.05, 4.69) is 20.3 Å². The van der Waals surface area contributed by atoms with Crippen LogP contribution in [0.1, 0.15) is 35.2 Å². The Morgan fingerprint density at radius 3 is 2.84 bits per heavy atom. The number of nitrogens with one attached hydrogen (secondary N) is 1. The molecule has 1 fully saturated rings. The number of rotatable bonds is 6. The van der Waals surface area contributed by atoms with E-state index in [-0.39, 0.29) is 23.9 Å². The number of carbonyl (C=O) groups excluding carboxylic acids is 1. The molecule has 0 bridgehead atoms. The van der Waals surface area contributed by atoms with Crippen molar-refractivity contribution in [3.63, 3.8) is 0 Å². The van der Waals surface area contributed by atoms with E-state index in [1.807, 2.05) is 0 Å². The highest BCUT2D eigenvalue weighted by molar-refractivity contribution is 6.03. The molecular weight excluding hydrogens is 415 g/mol. The number of ether oxygens (including phenoxy) is 2. The lowest BCUT2D eigenvalue weighted by atomic mass is 10.0. The molecule has 1 amide bonds. The summed E-state index contributed by atoms with van der Waals surface area (Å²) in [5, 5.41) is 2.54. The second kappa shape index (κ2) is 8.50. The van der Waals surface area contributed by atoms with Crippen LogP contribution in [-0.2, 0) is 17.3 Å². The number of imidazole rings is 1. The van der Waals surface area contributed by atoms with Gasteiger partial charge in [0.2, 0.25) is 11.7 Å². The summed E-state index contributed by atoms with van der Waals surface area (Å²) in [7, 11) is 0. The highest BCUT2D eigenvalue weighted by atomic mass is 19.4. The van der Waals surface area contributed by atoms with E-state index in [9.17, 15) is 18.0 Å². The standard InChI is InChI=1S/C20H20F3N5O3/c1-2-31-18-15(26-17(29)14-4-3-5-16(25-14)20(21,22)23)10-28-9-13(24-19(28)27-18)8-12-6-7-30-11-12/h3-5,9-10,12H,2,6-8,11H2,1H3,(H,26,29)/t12-/m1/s1. The molecule has 1 aliphatic rings. The van der Waals surface area contributed by atoms with Gasteiger partial charge in [-0.15, -0.1) is 0 Å². The number of pyridine rings is 1. The van der Waals surface area contributed by atoms with Gasteiger partial charge in [0.1, 0.15) is 17.1 Å². The lowest BCUT2D eigenvalue weighted by molar-refractivity contribution is -0.141. The molecular formula is C20H20F3N5O3. The number of alkyl halides is 3. The third-order valence-electron chi connectivity index (χ3n) is 4.79. The van der Waals surface area contributed by atoms with Crippen molar-refractivity contribution in [3.8, 4) is 5.88 Å². The Kier molecular flexibility index (Phi) is 5.77. The number of halogens is 3. The lowest BCUT2D eigenvalue weighted by Gasteiger charge is -2.11. The first-order valence-corrected chi connectivity index (χ1v) is 9.78. The minimum Gasteiger partial charge on any atom is -0.476 e. The molecule has 31 heavy (non-hydrogen) atoms. The molecule has 164 valence electrons. The van der Waals surface area contributed by atoms with Gasteiger partial charge in [0.25, 0.3) is 5.91 Å². The van der Waals surface area contributed by atoms with Crippen LogP contribution in [0.25, 0.3) is 5.78 Å². The summed E-state index contributed by atoms with van der Waals surface area (Å²) in [6, 6.07) is 3.14. The van der Waals surface area contributed by atoms with E-state index in [0.717, 1.165) is 37.3 Å². The highest BCUT2D eigenvalue weighted by Crippen LogP contribution is 2.28. The maximum Gasteiger partial charge on any atom is 0.433 e. The second-order valence-corrected chi connectivity index (χ2v) is 7.13. The van der Waals surface area contributed by atoms with E-state index in [4.69, 9.17) is 9.47 Å². The molecule has 0 aromatic carbocycles. The second-order valence-electron chi connectivity index (χ2n) is 7.13. The van der Waals surface area contributed by atoms with Crippen molar-refractivity contribution in [3.05, 3.63) is 47.7 Å². The maximum absolute atomic E-state index is 12.9. The summed E-state index contributed by atoms with van der Waals surface area (Å²) in [6.45, 7) is 3.46. The van der Waals surface area contributed by atoms with Crippen molar-refractivity contribution >= 4 is 17.4 Å². The molecule has 3 aromatic heterocycles. The number of nitrogens with zero attached hydrogens (tertiary/aromatic N) is 4. The number of carbonyl (C=O) groups is 1.